The van der Waals surface area contributed by atoms with E-state index < -0.39 is 6.10 Å². The summed E-state index contributed by atoms with van der Waals surface area (Å²) in [5.41, 5.74) is 1.91. The first kappa shape index (κ1) is 30.1. The summed E-state index contributed by atoms with van der Waals surface area (Å²) in [6.45, 7) is 9.30. The van der Waals surface area contributed by atoms with Crippen LogP contribution in [-0.2, 0) is 14.3 Å². The van der Waals surface area contributed by atoms with Crippen LogP contribution in [0.25, 0.3) is 0 Å². The molecule has 5 rings (SSSR count). The van der Waals surface area contributed by atoms with Gasteiger partial charge in [-0.15, -0.1) is 0 Å². The fraction of sp³-hybridized carbons (Fsp3) is 0.706. The number of hydrogen-bond acceptors (Lipinski definition) is 5. The number of esters is 2. The van der Waals surface area contributed by atoms with Gasteiger partial charge in [0.25, 0.3) is 0 Å². The van der Waals surface area contributed by atoms with Crippen LogP contribution in [0, 0.1) is 49.9 Å². The molecule has 0 saturated heterocycles. The normalized spacial score (nSPS) is 39.3. The molecule has 3 saturated carbocycles. The van der Waals surface area contributed by atoms with E-state index in [4.69, 9.17) is 9.47 Å². The summed E-state index contributed by atoms with van der Waals surface area (Å²) in [6, 6.07) is 7.68. The number of hydrogen-bond donors (Lipinski definition) is 1. The minimum absolute atomic E-state index is 0.00397. The minimum Gasteiger partial charge on any atom is -0.469 e. The van der Waals surface area contributed by atoms with Gasteiger partial charge in [-0.25, -0.2) is 4.79 Å². The Morgan fingerprint density at radius 1 is 1.15 bits per heavy atom. The molecule has 1 aromatic rings. The Hall–Kier alpha value is -1.41. The third-order valence-electron chi connectivity index (χ3n) is 11.8. The van der Waals surface area contributed by atoms with E-state index in [0.29, 0.717) is 30.2 Å². The first-order valence-corrected chi connectivity index (χ1v) is 16.6. The number of benzene rings is 1. The van der Waals surface area contributed by atoms with Crippen molar-refractivity contribution in [1.29, 1.82) is 0 Å². The van der Waals surface area contributed by atoms with E-state index in [1.54, 1.807) is 0 Å². The molecule has 40 heavy (non-hydrogen) atoms. The Bertz CT molecular complexity index is 1150. The van der Waals surface area contributed by atoms with Crippen LogP contribution in [0.15, 0.2) is 35.9 Å². The Balaban J connectivity index is 1.52. The monoisotopic (exact) mass is 662 g/mol. The molecular weight excluding hydrogens is 615 g/mol. The molecule has 4 aliphatic carbocycles. The molecule has 0 aromatic heterocycles. The lowest BCUT2D eigenvalue weighted by molar-refractivity contribution is -0.199. The van der Waals surface area contributed by atoms with Crippen molar-refractivity contribution in [3.63, 3.8) is 0 Å². The second-order valence-corrected chi connectivity index (χ2v) is 14.9. The van der Waals surface area contributed by atoms with Gasteiger partial charge in [0, 0.05) is 21.8 Å². The number of rotatable bonds is 7. The SMILES string of the molecule is CC[C@H]1[C@@H](OC(=O)c2cccc(I)c2)[C@H]2[C@@H]3[C@@H](O)C=C([C@H](C)CCC(=O)OC)[C@@]3(C)CC[C@@H]2[C@@]2(C)CCCC[C@@H]12. The predicted octanol–water partition coefficient (Wildman–Crippen LogP) is 7.59. The van der Waals surface area contributed by atoms with Gasteiger partial charge >= 0.3 is 11.9 Å². The Kier molecular flexibility index (Phi) is 8.79. The van der Waals surface area contributed by atoms with Gasteiger partial charge in [0.2, 0.25) is 0 Å². The molecule has 3 fully saturated rings. The summed E-state index contributed by atoms with van der Waals surface area (Å²) in [5.74, 6) is 1.10. The van der Waals surface area contributed by atoms with Gasteiger partial charge in [0.1, 0.15) is 6.10 Å². The van der Waals surface area contributed by atoms with Crippen molar-refractivity contribution in [2.45, 2.75) is 97.7 Å². The fourth-order valence-corrected chi connectivity index (χ4v) is 10.5. The maximum atomic E-state index is 13.7. The van der Waals surface area contributed by atoms with Crippen molar-refractivity contribution < 1.29 is 24.2 Å². The summed E-state index contributed by atoms with van der Waals surface area (Å²) < 4.78 is 12.6. The number of methoxy groups -OCH3 is 1. The fourth-order valence-electron chi connectivity index (χ4n) is 9.98. The van der Waals surface area contributed by atoms with Crippen molar-refractivity contribution >= 4 is 34.5 Å². The van der Waals surface area contributed by atoms with Crippen LogP contribution in [0.1, 0.15) is 95.8 Å². The van der Waals surface area contributed by atoms with Crippen LogP contribution in [0.4, 0.5) is 0 Å². The summed E-state index contributed by atoms with van der Waals surface area (Å²) in [6.07, 6.45) is 10.4. The minimum atomic E-state index is -0.575. The van der Waals surface area contributed by atoms with E-state index in [0.717, 1.165) is 22.8 Å². The third-order valence-corrected chi connectivity index (χ3v) is 12.4. The van der Waals surface area contributed by atoms with E-state index in [1.807, 2.05) is 24.3 Å². The molecular formula is C34H47IO5. The molecule has 0 radical (unpaired) electrons. The Labute approximate surface area is 254 Å². The molecule has 6 heteroatoms. The van der Waals surface area contributed by atoms with Crippen LogP contribution in [-0.4, -0.2) is 36.4 Å². The molecule has 4 aliphatic rings. The van der Waals surface area contributed by atoms with Gasteiger partial charge in [0.15, 0.2) is 0 Å². The number of ether oxygens (including phenoxy) is 2. The topological polar surface area (TPSA) is 72.8 Å². The van der Waals surface area contributed by atoms with Crippen molar-refractivity contribution in [2.24, 2.45) is 46.3 Å². The van der Waals surface area contributed by atoms with Crippen molar-refractivity contribution in [2.75, 3.05) is 7.11 Å². The molecule has 1 aromatic carbocycles. The van der Waals surface area contributed by atoms with E-state index in [2.05, 4.69) is 56.4 Å². The van der Waals surface area contributed by atoms with E-state index in [9.17, 15) is 14.7 Å². The maximum Gasteiger partial charge on any atom is 0.338 e. The zero-order valence-electron chi connectivity index (χ0n) is 24.8. The highest BCUT2D eigenvalue weighted by atomic mass is 127. The first-order valence-electron chi connectivity index (χ1n) is 15.5. The molecule has 220 valence electrons. The average molecular weight is 663 g/mol. The Morgan fingerprint density at radius 2 is 1.93 bits per heavy atom. The zero-order chi connectivity index (χ0) is 28.8. The number of fused-ring (bicyclic) bond motifs is 5. The lowest BCUT2D eigenvalue weighted by atomic mass is 9.41. The highest BCUT2D eigenvalue weighted by molar-refractivity contribution is 14.1. The third kappa shape index (κ3) is 5.07. The van der Waals surface area contributed by atoms with E-state index in [-0.39, 0.29) is 52.5 Å². The lowest BCUT2D eigenvalue weighted by Gasteiger charge is -2.64. The molecule has 5 nitrogen and oxygen atoms in total. The number of carbonyl (C=O) groups excluding carboxylic acids is 2. The number of carbonyl (C=O) groups is 2. The lowest BCUT2D eigenvalue weighted by Crippen LogP contribution is -2.63. The number of allylic oxidation sites excluding steroid dienone is 1. The highest BCUT2D eigenvalue weighted by Gasteiger charge is 2.66. The van der Waals surface area contributed by atoms with Gasteiger partial charge < -0.3 is 14.6 Å². The maximum absolute atomic E-state index is 13.7. The standard InChI is InChI=1S/C34H47IO5/c1-6-23-24-12-7-8-16-33(24,3)25-15-17-34(4)26(20(2)13-14-28(37)39-5)19-27(36)30(34)29(25)31(23)40-32(38)21-10-9-11-22(35)18-21/h9-11,18-20,23-25,27,29-31,36H,6-8,12-17H2,1-5H3/t20-,23-,24+,25+,27+,29-,30+,31-,33+,34-/m1/s1. The van der Waals surface area contributed by atoms with Crippen LogP contribution in [0.5, 0.6) is 0 Å². The molecule has 0 heterocycles. The smallest absolute Gasteiger partial charge is 0.338 e. The van der Waals surface area contributed by atoms with Crippen LogP contribution in [0.3, 0.4) is 0 Å². The molecule has 0 amide bonds. The quantitative estimate of drug-likeness (QED) is 0.185. The van der Waals surface area contributed by atoms with Gasteiger partial charge in [-0.2, -0.15) is 0 Å². The molecule has 0 spiro atoms. The highest BCUT2D eigenvalue weighted by Crippen LogP contribution is 2.69. The molecule has 0 bridgehead atoms. The van der Waals surface area contributed by atoms with E-state index in [1.165, 1.54) is 38.4 Å². The van der Waals surface area contributed by atoms with Crippen molar-refractivity contribution in [1.82, 2.24) is 0 Å². The summed E-state index contributed by atoms with van der Waals surface area (Å²) in [4.78, 5) is 25.6. The largest absolute Gasteiger partial charge is 0.469 e. The zero-order valence-corrected chi connectivity index (χ0v) is 27.0. The van der Waals surface area contributed by atoms with Gasteiger partial charge in [-0.1, -0.05) is 58.3 Å². The molecule has 10 atom stereocenters. The summed E-state index contributed by atoms with van der Waals surface area (Å²) >= 11 is 2.25. The number of aliphatic hydroxyl groups is 1. The van der Waals surface area contributed by atoms with Crippen molar-refractivity contribution in [3.05, 3.63) is 45.0 Å². The average Bonchev–Trinajstić information content (AvgIpc) is 3.21. The summed E-state index contributed by atoms with van der Waals surface area (Å²) in [7, 11) is 1.44. The van der Waals surface area contributed by atoms with Gasteiger partial charge in [0.05, 0.1) is 18.8 Å². The van der Waals surface area contributed by atoms with Crippen LogP contribution in [0.2, 0.25) is 0 Å². The van der Waals surface area contributed by atoms with Gasteiger partial charge in [-0.05, 0) is 114 Å². The van der Waals surface area contributed by atoms with Crippen LogP contribution < -0.4 is 0 Å². The molecule has 0 aliphatic heterocycles. The van der Waals surface area contributed by atoms with Crippen LogP contribution >= 0.6 is 22.6 Å². The number of aliphatic hydroxyl groups excluding tert-OH is 1. The second-order valence-electron chi connectivity index (χ2n) is 13.6. The second kappa shape index (κ2) is 11.7. The Morgan fingerprint density at radius 3 is 2.62 bits per heavy atom. The molecule has 1 N–H and O–H groups in total. The predicted molar refractivity (Wildman–Crippen MR) is 165 cm³/mol. The summed E-state index contributed by atoms with van der Waals surface area (Å²) in [5, 5.41) is 11.8. The number of halogens is 1. The van der Waals surface area contributed by atoms with Crippen molar-refractivity contribution in [3.8, 4) is 0 Å². The van der Waals surface area contributed by atoms with Gasteiger partial charge in [-0.3, -0.25) is 4.79 Å². The first-order chi connectivity index (χ1) is 19.0. The molecule has 0 unspecified atom stereocenters. The van der Waals surface area contributed by atoms with E-state index >= 15 is 0 Å².